The number of carboxylic acids is 1. The molecule has 6 heteroatoms. The average Bonchev–Trinajstić information content (AvgIpc) is 2.84. The highest BCUT2D eigenvalue weighted by atomic mass is 16.4. The lowest BCUT2D eigenvalue weighted by molar-refractivity contribution is 0.0697. The second-order valence-electron chi connectivity index (χ2n) is 4.40. The number of hydrogen-bond acceptors (Lipinski definition) is 4. The van der Waals surface area contributed by atoms with Crippen LogP contribution < -0.4 is 5.32 Å². The van der Waals surface area contributed by atoms with Crippen LogP contribution >= 0.6 is 0 Å². The van der Waals surface area contributed by atoms with Crippen molar-refractivity contribution in [2.24, 2.45) is 7.05 Å². The van der Waals surface area contributed by atoms with Crippen LogP contribution in [0.15, 0.2) is 42.9 Å². The highest BCUT2D eigenvalue weighted by Gasteiger charge is 2.15. The van der Waals surface area contributed by atoms with E-state index in [2.05, 4.69) is 15.4 Å². The van der Waals surface area contributed by atoms with Gasteiger partial charge in [-0.2, -0.15) is 5.10 Å². The van der Waals surface area contributed by atoms with Gasteiger partial charge in [0, 0.05) is 24.8 Å². The number of rotatable bonds is 3. The fourth-order valence-corrected chi connectivity index (χ4v) is 2.07. The number of aromatic nitrogens is 3. The predicted octanol–water partition coefficient (Wildman–Crippen LogP) is 2.41. The molecule has 2 N–H and O–H groups in total. The van der Waals surface area contributed by atoms with Crippen molar-refractivity contribution in [2.45, 2.75) is 0 Å². The number of hydrogen-bond donors (Lipinski definition) is 2. The minimum Gasteiger partial charge on any atom is -0.478 e. The number of aryl methyl sites for hydroxylation is 1. The van der Waals surface area contributed by atoms with Gasteiger partial charge in [-0.05, 0) is 6.07 Å². The number of carboxylic acid groups (broad SMARTS) is 1. The third-order valence-electron chi connectivity index (χ3n) is 2.98. The highest BCUT2D eigenvalue weighted by Crippen LogP contribution is 2.28. The quantitative estimate of drug-likeness (QED) is 0.762. The maximum atomic E-state index is 11.4. The van der Waals surface area contributed by atoms with Gasteiger partial charge in [-0.25, -0.2) is 4.79 Å². The molecule has 0 aliphatic carbocycles. The Balaban J connectivity index is 2.19. The number of fused-ring (bicyclic) bond motifs is 1. The summed E-state index contributed by atoms with van der Waals surface area (Å²) >= 11 is 0. The maximum absolute atomic E-state index is 11.4. The highest BCUT2D eigenvalue weighted by molar-refractivity contribution is 6.05. The molecule has 0 unspecified atom stereocenters. The second kappa shape index (κ2) is 4.65. The summed E-state index contributed by atoms with van der Waals surface area (Å²) in [7, 11) is 1.80. The summed E-state index contributed by atoms with van der Waals surface area (Å²) in [5.41, 5.74) is 2.12. The first-order valence-electron chi connectivity index (χ1n) is 6.02. The monoisotopic (exact) mass is 268 g/mol. The Morgan fingerprint density at radius 1 is 1.30 bits per heavy atom. The Labute approximate surface area is 114 Å². The lowest BCUT2D eigenvalue weighted by Gasteiger charge is -2.10. The number of nitrogens with zero attached hydrogens (tertiary/aromatic N) is 3. The molecule has 6 nitrogen and oxygen atoms in total. The fourth-order valence-electron chi connectivity index (χ4n) is 2.07. The molecule has 0 spiro atoms. The molecule has 2 aromatic heterocycles. The lowest BCUT2D eigenvalue weighted by atomic mass is 10.1. The van der Waals surface area contributed by atoms with Gasteiger partial charge in [0.25, 0.3) is 0 Å². The minimum absolute atomic E-state index is 0.132. The number of anilines is 2. The molecular weight excluding hydrogens is 256 g/mol. The topological polar surface area (TPSA) is 80.0 Å². The molecule has 0 fully saturated rings. The SMILES string of the molecule is Cn1cc(Nc2c(C(=O)O)cnc3ccccc23)cn1. The first-order valence-corrected chi connectivity index (χ1v) is 6.02. The molecule has 0 saturated carbocycles. The molecule has 1 aromatic carbocycles. The van der Waals surface area contributed by atoms with Crippen molar-refractivity contribution in [3.05, 3.63) is 48.4 Å². The Bertz CT molecular complexity index is 795. The van der Waals surface area contributed by atoms with Crippen LogP contribution in [0.5, 0.6) is 0 Å². The van der Waals surface area contributed by atoms with Gasteiger partial charge in [-0.1, -0.05) is 18.2 Å². The summed E-state index contributed by atoms with van der Waals surface area (Å²) in [6, 6.07) is 7.40. The van der Waals surface area contributed by atoms with Crippen LogP contribution in [0.3, 0.4) is 0 Å². The Morgan fingerprint density at radius 3 is 2.80 bits per heavy atom. The number of para-hydroxylation sites is 1. The average molecular weight is 268 g/mol. The molecule has 0 saturated heterocycles. The van der Waals surface area contributed by atoms with Gasteiger partial charge >= 0.3 is 5.97 Å². The molecule has 20 heavy (non-hydrogen) atoms. The van der Waals surface area contributed by atoms with E-state index in [-0.39, 0.29) is 5.56 Å². The van der Waals surface area contributed by atoms with E-state index < -0.39 is 5.97 Å². The van der Waals surface area contributed by atoms with Gasteiger partial charge in [0.05, 0.1) is 23.1 Å². The zero-order chi connectivity index (χ0) is 14.1. The molecular formula is C14H12N4O2. The molecule has 0 atom stereocenters. The van der Waals surface area contributed by atoms with E-state index in [1.54, 1.807) is 24.1 Å². The van der Waals surface area contributed by atoms with Crippen molar-refractivity contribution in [1.29, 1.82) is 0 Å². The van der Waals surface area contributed by atoms with Gasteiger partial charge in [0.2, 0.25) is 0 Å². The summed E-state index contributed by atoms with van der Waals surface area (Å²) in [5.74, 6) is -1.02. The Kier molecular flexibility index (Phi) is 2.83. The first-order chi connectivity index (χ1) is 9.65. The zero-order valence-corrected chi connectivity index (χ0v) is 10.7. The normalized spacial score (nSPS) is 10.7. The van der Waals surface area contributed by atoms with Gasteiger partial charge in [-0.3, -0.25) is 9.67 Å². The first kappa shape index (κ1) is 12.2. The fraction of sp³-hybridized carbons (Fsp3) is 0.0714. The molecule has 0 aliphatic rings. The van der Waals surface area contributed by atoms with Gasteiger partial charge < -0.3 is 10.4 Å². The Morgan fingerprint density at radius 2 is 2.10 bits per heavy atom. The van der Waals surface area contributed by atoms with Crippen molar-refractivity contribution in [3.63, 3.8) is 0 Å². The summed E-state index contributed by atoms with van der Waals surface area (Å²) in [6.07, 6.45) is 4.78. The molecule has 3 rings (SSSR count). The van der Waals surface area contributed by atoms with E-state index in [0.717, 1.165) is 16.6 Å². The van der Waals surface area contributed by atoms with E-state index in [9.17, 15) is 9.90 Å². The number of aromatic carboxylic acids is 1. The van der Waals surface area contributed by atoms with Crippen molar-refractivity contribution >= 4 is 28.2 Å². The van der Waals surface area contributed by atoms with Crippen LogP contribution in [0.4, 0.5) is 11.4 Å². The maximum Gasteiger partial charge on any atom is 0.339 e. The van der Waals surface area contributed by atoms with E-state index >= 15 is 0 Å². The minimum atomic E-state index is -1.02. The lowest BCUT2D eigenvalue weighted by Crippen LogP contribution is -2.04. The van der Waals surface area contributed by atoms with E-state index in [1.807, 2.05) is 24.3 Å². The van der Waals surface area contributed by atoms with Crippen LogP contribution in [0.2, 0.25) is 0 Å². The number of nitrogens with one attached hydrogen (secondary N) is 1. The standard InChI is InChI=1S/C14H12N4O2/c1-18-8-9(6-16-18)17-13-10-4-2-3-5-12(10)15-7-11(13)14(19)20/h2-8H,1H3,(H,15,17)(H,19,20). The molecule has 2 heterocycles. The van der Waals surface area contributed by atoms with Crippen LogP contribution in [0.25, 0.3) is 10.9 Å². The van der Waals surface area contributed by atoms with Crippen LogP contribution in [0, 0.1) is 0 Å². The molecule has 3 aromatic rings. The van der Waals surface area contributed by atoms with E-state index in [1.165, 1.54) is 6.20 Å². The number of carbonyl (C=O) groups is 1. The molecule has 0 bridgehead atoms. The van der Waals surface area contributed by atoms with E-state index in [4.69, 9.17) is 0 Å². The number of benzene rings is 1. The predicted molar refractivity (Wildman–Crippen MR) is 75.2 cm³/mol. The number of pyridine rings is 1. The van der Waals surface area contributed by atoms with Gasteiger partial charge in [-0.15, -0.1) is 0 Å². The van der Waals surface area contributed by atoms with Crippen LogP contribution in [-0.4, -0.2) is 25.8 Å². The zero-order valence-electron chi connectivity index (χ0n) is 10.7. The summed E-state index contributed by atoms with van der Waals surface area (Å²) in [4.78, 5) is 15.5. The summed E-state index contributed by atoms with van der Waals surface area (Å²) in [5, 5.41) is 17.2. The largest absolute Gasteiger partial charge is 0.478 e. The summed E-state index contributed by atoms with van der Waals surface area (Å²) < 4.78 is 1.64. The van der Waals surface area contributed by atoms with Crippen LogP contribution in [0.1, 0.15) is 10.4 Å². The molecule has 0 aliphatic heterocycles. The second-order valence-corrected chi connectivity index (χ2v) is 4.40. The van der Waals surface area contributed by atoms with Crippen LogP contribution in [-0.2, 0) is 7.05 Å². The van der Waals surface area contributed by atoms with Gasteiger partial charge in [0.1, 0.15) is 5.56 Å². The Hall–Kier alpha value is -2.89. The third kappa shape index (κ3) is 2.07. The van der Waals surface area contributed by atoms with Gasteiger partial charge in [0.15, 0.2) is 0 Å². The summed E-state index contributed by atoms with van der Waals surface area (Å²) in [6.45, 7) is 0. The molecule has 100 valence electrons. The molecule has 0 amide bonds. The smallest absolute Gasteiger partial charge is 0.339 e. The third-order valence-corrected chi connectivity index (χ3v) is 2.98. The van der Waals surface area contributed by atoms with Crippen molar-refractivity contribution in [1.82, 2.24) is 14.8 Å². The van der Waals surface area contributed by atoms with Crippen molar-refractivity contribution in [3.8, 4) is 0 Å². The van der Waals surface area contributed by atoms with E-state index in [0.29, 0.717) is 5.69 Å². The van der Waals surface area contributed by atoms with Crippen molar-refractivity contribution < 1.29 is 9.90 Å². The van der Waals surface area contributed by atoms with Crippen molar-refractivity contribution in [2.75, 3.05) is 5.32 Å². The molecule has 0 radical (unpaired) electrons.